The summed E-state index contributed by atoms with van der Waals surface area (Å²) in [6, 6.07) is 0.691. The molecule has 4 heteroatoms. The van der Waals surface area contributed by atoms with Gasteiger partial charge < -0.3 is 15.1 Å². The molecule has 3 rings (SSSR count). The third kappa shape index (κ3) is 2.95. The summed E-state index contributed by atoms with van der Waals surface area (Å²) in [6.45, 7) is 4.75. The summed E-state index contributed by atoms with van der Waals surface area (Å²) in [6.07, 6.45) is 8.41. The molecule has 0 radical (unpaired) electrons. The van der Waals surface area contributed by atoms with Crippen LogP contribution in [0.15, 0.2) is 4.99 Å². The second kappa shape index (κ2) is 6.33. The van der Waals surface area contributed by atoms with Crippen molar-refractivity contribution in [3.63, 3.8) is 0 Å². The SMILES string of the molecule is CN=C(NCC1CCCN1C)N1CC2CCCCC2C1. The van der Waals surface area contributed by atoms with Crippen LogP contribution in [-0.2, 0) is 0 Å². The number of nitrogens with zero attached hydrogens (tertiary/aromatic N) is 3. The van der Waals surface area contributed by atoms with Crippen LogP contribution >= 0.6 is 0 Å². The fraction of sp³-hybridized carbons (Fsp3) is 0.938. The molecule has 0 aromatic carbocycles. The molecular formula is C16H30N4. The second-order valence-corrected chi connectivity index (χ2v) is 6.91. The van der Waals surface area contributed by atoms with Gasteiger partial charge in [-0.2, -0.15) is 0 Å². The average molecular weight is 278 g/mol. The van der Waals surface area contributed by atoms with Gasteiger partial charge in [0.05, 0.1) is 0 Å². The van der Waals surface area contributed by atoms with E-state index in [4.69, 9.17) is 0 Å². The fourth-order valence-corrected chi connectivity index (χ4v) is 4.36. The molecule has 20 heavy (non-hydrogen) atoms. The van der Waals surface area contributed by atoms with Gasteiger partial charge in [0.25, 0.3) is 0 Å². The molecule has 3 aliphatic rings. The first-order valence-electron chi connectivity index (χ1n) is 8.43. The molecule has 4 nitrogen and oxygen atoms in total. The number of likely N-dealkylation sites (N-methyl/N-ethyl adjacent to an activating group) is 1. The lowest BCUT2D eigenvalue weighted by Gasteiger charge is -2.25. The van der Waals surface area contributed by atoms with Crippen LogP contribution in [-0.4, -0.2) is 62.1 Å². The largest absolute Gasteiger partial charge is 0.355 e. The van der Waals surface area contributed by atoms with Crippen molar-refractivity contribution in [2.24, 2.45) is 16.8 Å². The van der Waals surface area contributed by atoms with E-state index in [0.717, 1.165) is 24.3 Å². The maximum Gasteiger partial charge on any atom is 0.193 e. The third-order valence-corrected chi connectivity index (χ3v) is 5.65. The summed E-state index contributed by atoms with van der Waals surface area (Å²) in [4.78, 5) is 9.51. The Morgan fingerprint density at radius 2 is 1.80 bits per heavy atom. The fourth-order valence-electron chi connectivity index (χ4n) is 4.36. The van der Waals surface area contributed by atoms with E-state index in [9.17, 15) is 0 Å². The number of rotatable bonds is 2. The molecule has 1 aliphatic carbocycles. The molecule has 3 fully saturated rings. The smallest absolute Gasteiger partial charge is 0.193 e. The van der Waals surface area contributed by atoms with Crippen molar-refractivity contribution < 1.29 is 0 Å². The normalized spacial score (nSPS) is 35.4. The van der Waals surface area contributed by atoms with Crippen molar-refractivity contribution in [3.8, 4) is 0 Å². The van der Waals surface area contributed by atoms with E-state index in [1.54, 1.807) is 0 Å². The highest BCUT2D eigenvalue weighted by molar-refractivity contribution is 5.80. The lowest BCUT2D eigenvalue weighted by atomic mass is 9.82. The van der Waals surface area contributed by atoms with Crippen LogP contribution in [0, 0.1) is 11.8 Å². The van der Waals surface area contributed by atoms with Crippen molar-refractivity contribution in [1.29, 1.82) is 0 Å². The van der Waals surface area contributed by atoms with Gasteiger partial charge in [0, 0.05) is 32.7 Å². The summed E-state index contributed by atoms with van der Waals surface area (Å²) in [5.41, 5.74) is 0. The monoisotopic (exact) mass is 278 g/mol. The highest BCUT2D eigenvalue weighted by Crippen LogP contribution is 2.35. The Balaban J connectivity index is 1.52. The van der Waals surface area contributed by atoms with E-state index < -0.39 is 0 Å². The second-order valence-electron chi connectivity index (χ2n) is 6.91. The molecule has 0 amide bonds. The van der Waals surface area contributed by atoms with Gasteiger partial charge in [-0.3, -0.25) is 4.99 Å². The Morgan fingerprint density at radius 1 is 1.10 bits per heavy atom. The third-order valence-electron chi connectivity index (χ3n) is 5.65. The molecule has 1 saturated carbocycles. The van der Waals surface area contributed by atoms with E-state index in [1.807, 2.05) is 7.05 Å². The molecule has 114 valence electrons. The van der Waals surface area contributed by atoms with Gasteiger partial charge in [0.1, 0.15) is 0 Å². The molecule has 0 bridgehead atoms. The zero-order valence-electron chi connectivity index (χ0n) is 13.1. The van der Waals surface area contributed by atoms with Crippen molar-refractivity contribution >= 4 is 5.96 Å². The summed E-state index contributed by atoms with van der Waals surface area (Å²) >= 11 is 0. The predicted molar refractivity (Wildman–Crippen MR) is 84.0 cm³/mol. The molecule has 3 atom stereocenters. The first kappa shape index (κ1) is 14.2. The first-order chi connectivity index (χ1) is 9.78. The van der Waals surface area contributed by atoms with Crippen LogP contribution in [0.4, 0.5) is 0 Å². The Morgan fingerprint density at radius 3 is 2.35 bits per heavy atom. The Bertz CT molecular complexity index is 340. The van der Waals surface area contributed by atoms with Gasteiger partial charge in [-0.15, -0.1) is 0 Å². The van der Waals surface area contributed by atoms with Crippen LogP contribution in [0.1, 0.15) is 38.5 Å². The summed E-state index contributed by atoms with van der Waals surface area (Å²) in [5, 5.41) is 3.63. The number of hydrogen-bond donors (Lipinski definition) is 1. The van der Waals surface area contributed by atoms with Gasteiger partial charge in [0.15, 0.2) is 5.96 Å². The molecule has 3 unspecified atom stereocenters. The predicted octanol–water partition coefficient (Wildman–Crippen LogP) is 1.78. The zero-order chi connectivity index (χ0) is 13.9. The van der Waals surface area contributed by atoms with Gasteiger partial charge >= 0.3 is 0 Å². The van der Waals surface area contributed by atoms with Crippen molar-refractivity contribution in [3.05, 3.63) is 0 Å². The van der Waals surface area contributed by atoms with Crippen molar-refractivity contribution in [1.82, 2.24) is 15.1 Å². The summed E-state index contributed by atoms with van der Waals surface area (Å²) in [7, 11) is 4.18. The summed E-state index contributed by atoms with van der Waals surface area (Å²) in [5.74, 6) is 2.99. The number of aliphatic imine (C=N–C) groups is 1. The maximum absolute atomic E-state index is 4.53. The first-order valence-corrected chi connectivity index (χ1v) is 8.43. The molecule has 1 N–H and O–H groups in total. The highest BCUT2D eigenvalue weighted by Gasteiger charge is 2.35. The Hall–Kier alpha value is -0.770. The molecule has 0 spiro atoms. The lowest BCUT2D eigenvalue weighted by Crippen LogP contribution is -2.45. The van der Waals surface area contributed by atoms with E-state index in [2.05, 4.69) is 27.2 Å². The standard InChI is InChI=1S/C16H30N4/c1-17-16(18-10-15-8-5-9-19(15)2)20-11-13-6-3-4-7-14(13)12-20/h13-15H,3-12H2,1-2H3,(H,17,18). The lowest BCUT2D eigenvalue weighted by molar-refractivity contribution is 0.299. The van der Waals surface area contributed by atoms with E-state index in [-0.39, 0.29) is 0 Å². The summed E-state index contributed by atoms with van der Waals surface area (Å²) < 4.78 is 0. The van der Waals surface area contributed by atoms with Crippen LogP contribution in [0.25, 0.3) is 0 Å². The van der Waals surface area contributed by atoms with Crippen LogP contribution in [0.5, 0.6) is 0 Å². The van der Waals surface area contributed by atoms with E-state index in [1.165, 1.54) is 58.2 Å². The molecule has 2 saturated heterocycles. The highest BCUT2D eigenvalue weighted by atomic mass is 15.3. The number of guanidine groups is 1. The molecular weight excluding hydrogens is 248 g/mol. The molecule has 2 heterocycles. The topological polar surface area (TPSA) is 30.9 Å². The van der Waals surface area contributed by atoms with Crippen LogP contribution in [0.3, 0.4) is 0 Å². The number of nitrogens with one attached hydrogen (secondary N) is 1. The van der Waals surface area contributed by atoms with E-state index in [0.29, 0.717) is 6.04 Å². The van der Waals surface area contributed by atoms with Gasteiger partial charge in [-0.05, 0) is 51.1 Å². The Labute approximate surface area is 123 Å². The maximum atomic E-state index is 4.53. The van der Waals surface area contributed by atoms with Gasteiger partial charge in [0.2, 0.25) is 0 Å². The quantitative estimate of drug-likeness (QED) is 0.617. The number of hydrogen-bond acceptors (Lipinski definition) is 2. The minimum atomic E-state index is 0.691. The molecule has 2 aliphatic heterocycles. The van der Waals surface area contributed by atoms with Gasteiger partial charge in [-0.1, -0.05) is 12.8 Å². The number of likely N-dealkylation sites (tertiary alicyclic amines) is 2. The molecule has 0 aromatic heterocycles. The van der Waals surface area contributed by atoms with Crippen LogP contribution < -0.4 is 5.32 Å². The average Bonchev–Trinajstić information content (AvgIpc) is 3.06. The van der Waals surface area contributed by atoms with Gasteiger partial charge in [-0.25, -0.2) is 0 Å². The van der Waals surface area contributed by atoms with E-state index >= 15 is 0 Å². The molecule has 0 aromatic rings. The minimum Gasteiger partial charge on any atom is -0.355 e. The Kier molecular flexibility index (Phi) is 4.49. The van der Waals surface area contributed by atoms with Crippen molar-refractivity contribution in [2.45, 2.75) is 44.6 Å². The van der Waals surface area contributed by atoms with Crippen LogP contribution in [0.2, 0.25) is 0 Å². The van der Waals surface area contributed by atoms with Crippen molar-refractivity contribution in [2.75, 3.05) is 40.3 Å². The zero-order valence-corrected chi connectivity index (χ0v) is 13.1. The minimum absolute atomic E-state index is 0.691. The number of fused-ring (bicyclic) bond motifs is 1.